The third-order valence-electron chi connectivity index (χ3n) is 1.84. The van der Waals surface area contributed by atoms with Crippen molar-refractivity contribution >= 4 is 17.6 Å². The molecule has 0 N–H and O–H groups in total. The molecule has 0 aromatic heterocycles. The van der Waals surface area contributed by atoms with Crippen molar-refractivity contribution in [2.24, 2.45) is 0 Å². The predicted molar refractivity (Wildman–Crippen MR) is 58.1 cm³/mol. The Hall–Kier alpha value is -1.29. The lowest BCUT2D eigenvalue weighted by atomic mass is 10.3. The van der Waals surface area contributed by atoms with E-state index in [2.05, 4.69) is 0 Å². The molecule has 1 unspecified atom stereocenters. The Labute approximate surface area is 98.1 Å². The fourth-order valence-corrected chi connectivity index (χ4v) is 1.24. The van der Waals surface area contributed by atoms with Gasteiger partial charge in [-0.15, -0.1) is 0 Å². The number of esters is 1. The van der Waals surface area contributed by atoms with Crippen LogP contribution in [0.2, 0.25) is 5.02 Å². The Kier molecular flexibility index (Phi) is 4.55. The molecule has 1 atom stereocenters. The Morgan fingerprint density at radius 2 is 2.25 bits per heavy atom. The monoisotopic (exact) mass is 246 g/mol. The average molecular weight is 247 g/mol. The molecule has 0 amide bonds. The summed E-state index contributed by atoms with van der Waals surface area (Å²) in [5.41, 5.74) is 0. The van der Waals surface area contributed by atoms with E-state index in [9.17, 15) is 9.18 Å². The van der Waals surface area contributed by atoms with Crippen LogP contribution in [0.4, 0.5) is 4.39 Å². The van der Waals surface area contributed by atoms with Crippen LogP contribution in [0, 0.1) is 5.82 Å². The minimum atomic E-state index is -0.868. The highest BCUT2D eigenvalue weighted by atomic mass is 35.5. The van der Waals surface area contributed by atoms with Gasteiger partial charge in [0.05, 0.1) is 11.6 Å². The summed E-state index contributed by atoms with van der Waals surface area (Å²) in [4.78, 5) is 11.2. The summed E-state index contributed by atoms with van der Waals surface area (Å²) < 4.78 is 23.2. The number of carbonyl (C=O) groups excluding carboxylic acids is 1. The predicted octanol–water partition coefficient (Wildman–Crippen LogP) is 2.81. The van der Waals surface area contributed by atoms with Gasteiger partial charge in [-0.25, -0.2) is 9.18 Å². The van der Waals surface area contributed by atoms with Crippen LogP contribution in [-0.2, 0) is 9.53 Å². The summed E-state index contributed by atoms with van der Waals surface area (Å²) in [5.74, 6) is -1.28. The SMILES string of the molecule is CCOC(=O)C(C)Oc1cccc(Cl)c1F. The van der Waals surface area contributed by atoms with Crippen LogP contribution < -0.4 is 4.74 Å². The van der Waals surface area contributed by atoms with Crippen LogP contribution in [0.3, 0.4) is 0 Å². The van der Waals surface area contributed by atoms with Gasteiger partial charge in [0.2, 0.25) is 0 Å². The molecule has 0 spiro atoms. The number of carbonyl (C=O) groups is 1. The Balaban J connectivity index is 2.73. The summed E-state index contributed by atoms with van der Waals surface area (Å²) in [6, 6.07) is 4.34. The molecule has 0 heterocycles. The molecule has 0 saturated heterocycles. The van der Waals surface area contributed by atoms with Gasteiger partial charge in [-0.1, -0.05) is 17.7 Å². The largest absolute Gasteiger partial charge is 0.476 e. The molecular weight excluding hydrogens is 235 g/mol. The number of hydrogen-bond donors (Lipinski definition) is 0. The average Bonchev–Trinajstić information content (AvgIpc) is 2.25. The van der Waals surface area contributed by atoms with Crippen molar-refractivity contribution < 1.29 is 18.7 Å². The van der Waals surface area contributed by atoms with E-state index in [1.807, 2.05) is 0 Å². The van der Waals surface area contributed by atoms with E-state index in [1.165, 1.54) is 19.1 Å². The molecule has 0 aliphatic carbocycles. The fraction of sp³-hybridized carbons (Fsp3) is 0.364. The molecule has 0 radical (unpaired) electrons. The Morgan fingerprint density at radius 1 is 1.56 bits per heavy atom. The van der Waals surface area contributed by atoms with Gasteiger partial charge in [-0.05, 0) is 26.0 Å². The maximum atomic E-state index is 13.4. The summed E-state index contributed by atoms with van der Waals surface area (Å²) in [6.07, 6.45) is -0.868. The van der Waals surface area contributed by atoms with E-state index in [0.717, 1.165) is 0 Å². The molecule has 1 rings (SSSR count). The number of hydrogen-bond acceptors (Lipinski definition) is 3. The van der Waals surface area contributed by atoms with Crippen molar-refractivity contribution in [3.05, 3.63) is 29.0 Å². The van der Waals surface area contributed by atoms with E-state index < -0.39 is 17.9 Å². The van der Waals surface area contributed by atoms with Gasteiger partial charge in [0.1, 0.15) is 0 Å². The molecule has 0 aliphatic rings. The lowest BCUT2D eigenvalue weighted by Gasteiger charge is -2.13. The second kappa shape index (κ2) is 5.70. The first-order valence-electron chi connectivity index (χ1n) is 4.83. The van der Waals surface area contributed by atoms with Crippen LogP contribution in [0.15, 0.2) is 18.2 Å². The molecule has 0 aliphatic heterocycles. The highest BCUT2D eigenvalue weighted by Crippen LogP contribution is 2.24. The maximum Gasteiger partial charge on any atom is 0.347 e. The molecule has 1 aromatic carbocycles. The van der Waals surface area contributed by atoms with Gasteiger partial charge >= 0.3 is 5.97 Å². The summed E-state index contributed by atoms with van der Waals surface area (Å²) >= 11 is 5.57. The molecule has 0 saturated carbocycles. The minimum absolute atomic E-state index is 0.0476. The number of benzene rings is 1. The Bertz CT molecular complexity index is 381. The molecule has 5 heteroatoms. The van der Waals surface area contributed by atoms with E-state index in [4.69, 9.17) is 21.1 Å². The Morgan fingerprint density at radius 3 is 2.88 bits per heavy atom. The zero-order chi connectivity index (χ0) is 12.1. The van der Waals surface area contributed by atoms with Crippen molar-refractivity contribution in [3.8, 4) is 5.75 Å². The molecular formula is C11H12ClFO3. The smallest absolute Gasteiger partial charge is 0.347 e. The van der Waals surface area contributed by atoms with Crippen molar-refractivity contribution in [2.75, 3.05) is 6.61 Å². The van der Waals surface area contributed by atoms with E-state index in [1.54, 1.807) is 13.0 Å². The molecule has 1 aromatic rings. The second-order valence-corrected chi connectivity index (χ2v) is 3.47. The van der Waals surface area contributed by atoms with Gasteiger partial charge in [0.25, 0.3) is 0 Å². The topological polar surface area (TPSA) is 35.5 Å². The standard InChI is InChI=1S/C11H12ClFO3/c1-3-15-11(14)7(2)16-9-6-4-5-8(12)10(9)13/h4-7H,3H2,1-2H3. The molecule has 0 bridgehead atoms. The number of rotatable bonds is 4. The second-order valence-electron chi connectivity index (χ2n) is 3.06. The number of halogens is 2. The first kappa shape index (κ1) is 12.8. The maximum absolute atomic E-state index is 13.4. The minimum Gasteiger partial charge on any atom is -0.476 e. The van der Waals surface area contributed by atoms with Crippen LogP contribution in [0.5, 0.6) is 5.75 Å². The third-order valence-corrected chi connectivity index (χ3v) is 2.13. The van der Waals surface area contributed by atoms with E-state index in [-0.39, 0.29) is 17.4 Å². The van der Waals surface area contributed by atoms with E-state index in [0.29, 0.717) is 0 Å². The van der Waals surface area contributed by atoms with Crippen molar-refractivity contribution in [2.45, 2.75) is 20.0 Å². The first-order chi connectivity index (χ1) is 7.56. The van der Waals surface area contributed by atoms with Gasteiger partial charge < -0.3 is 9.47 Å². The van der Waals surface area contributed by atoms with Crippen molar-refractivity contribution in [3.63, 3.8) is 0 Å². The highest BCUT2D eigenvalue weighted by molar-refractivity contribution is 6.30. The van der Waals surface area contributed by atoms with Crippen LogP contribution >= 0.6 is 11.6 Å². The third kappa shape index (κ3) is 3.10. The van der Waals surface area contributed by atoms with Crippen LogP contribution in [0.1, 0.15) is 13.8 Å². The van der Waals surface area contributed by atoms with Crippen molar-refractivity contribution in [1.82, 2.24) is 0 Å². The molecule has 3 nitrogen and oxygen atoms in total. The normalized spacial score (nSPS) is 12.0. The molecule has 16 heavy (non-hydrogen) atoms. The summed E-state index contributed by atoms with van der Waals surface area (Å²) in [5, 5.41) is -0.0476. The van der Waals surface area contributed by atoms with Gasteiger partial charge in [-0.3, -0.25) is 0 Å². The quantitative estimate of drug-likeness (QED) is 0.767. The first-order valence-corrected chi connectivity index (χ1v) is 5.21. The molecule has 88 valence electrons. The lowest BCUT2D eigenvalue weighted by molar-refractivity contribution is -0.150. The van der Waals surface area contributed by atoms with Crippen molar-refractivity contribution in [1.29, 1.82) is 0 Å². The highest BCUT2D eigenvalue weighted by Gasteiger charge is 2.18. The van der Waals surface area contributed by atoms with Gasteiger partial charge in [0.15, 0.2) is 17.7 Å². The fourth-order valence-electron chi connectivity index (χ4n) is 1.07. The van der Waals surface area contributed by atoms with Gasteiger partial charge in [0, 0.05) is 0 Å². The van der Waals surface area contributed by atoms with E-state index >= 15 is 0 Å². The summed E-state index contributed by atoms with van der Waals surface area (Å²) in [6.45, 7) is 3.42. The zero-order valence-corrected chi connectivity index (χ0v) is 9.75. The van der Waals surface area contributed by atoms with Crippen LogP contribution in [0.25, 0.3) is 0 Å². The summed E-state index contributed by atoms with van der Waals surface area (Å²) in [7, 11) is 0. The van der Waals surface area contributed by atoms with Crippen LogP contribution in [-0.4, -0.2) is 18.7 Å². The number of ether oxygens (including phenoxy) is 2. The zero-order valence-electron chi connectivity index (χ0n) is 9.00. The van der Waals surface area contributed by atoms with Gasteiger partial charge in [-0.2, -0.15) is 0 Å². The lowest BCUT2D eigenvalue weighted by Crippen LogP contribution is -2.26. The molecule has 0 fully saturated rings.